The van der Waals surface area contributed by atoms with Gasteiger partial charge in [-0.05, 0) is 140 Å². The highest BCUT2D eigenvalue weighted by atomic mass is 16.5. The van der Waals surface area contributed by atoms with Crippen molar-refractivity contribution in [2.24, 2.45) is 33.5 Å². The topological polar surface area (TPSA) is 72.9 Å². The molecule has 280 valence electrons. The van der Waals surface area contributed by atoms with Crippen molar-refractivity contribution in [1.82, 2.24) is 19.6 Å². The fourth-order valence-corrected chi connectivity index (χ4v) is 9.27. The summed E-state index contributed by atoms with van der Waals surface area (Å²) in [7, 11) is 4.64. The molecule has 3 saturated heterocycles. The van der Waals surface area contributed by atoms with E-state index >= 15 is 0 Å². The molecule has 0 aromatic heterocycles. The molecule has 0 radical (unpaired) electrons. The molecule has 48 heavy (non-hydrogen) atoms. The third-order valence-corrected chi connectivity index (χ3v) is 12.7. The summed E-state index contributed by atoms with van der Waals surface area (Å²) in [5, 5.41) is 0. The molecule has 8 nitrogen and oxygen atoms in total. The van der Waals surface area contributed by atoms with Crippen molar-refractivity contribution < 1.29 is 4.74 Å². The number of hydrogen-bond donors (Lipinski definition) is 1. The van der Waals surface area contributed by atoms with E-state index in [2.05, 4.69) is 117 Å². The van der Waals surface area contributed by atoms with Gasteiger partial charge >= 0.3 is 0 Å². The Bertz CT molecular complexity index is 1020. The quantitative estimate of drug-likeness (QED) is 0.124. The lowest BCUT2D eigenvalue weighted by Crippen LogP contribution is -2.63. The fraction of sp³-hybridized carbons (Fsp3) is 0.950. The number of aliphatic imine (C=N–C) groups is 2. The Kier molecular flexibility index (Phi) is 14.5. The van der Waals surface area contributed by atoms with Gasteiger partial charge in [-0.1, -0.05) is 33.1 Å². The van der Waals surface area contributed by atoms with E-state index in [0.717, 1.165) is 25.5 Å². The van der Waals surface area contributed by atoms with E-state index < -0.39 is 0 Å². The second-order valence-electron chi connectivity index (χ2n) is 18.8. The smallest absolute Gasteiger partial charge is 0.197 e. The molecule has 1 unspecified atom stereocenters. The van der Waals surface area contributed by atoms with Crippen LogP contribution in [0.3, 0.4) is 0 Å². The molecule has 3 heterocycles. The largest absolute Gasteiger partial charge is 0.378 e. The number of rotatable bonds is 13. The van der Waals surface area contributed by atoms with E-state index in [9.17, 15) is 0 Å². The maximum atomic E-state index is 6.50. The van der Waals surface area contributed by atoms with Crippen LogP contribution in [0.25, 0.3) is 0 Å². The van der Waals surface area contributed by atoms with Crippen LogP contribution in [0.2, 0.25) is 0 Å². The van der Waals surface area contributed by atoms with E-state index in [1.165, 1.54) is 64.3 Å². The number of piperidine rings is 2. The minimum absolute atomic E-state index is 0.172. The second-order valence-corrected chi connectivity index (χ2v) is 18.8. The van der Waals surface area contributed by atoms with Crippen molar-refractivity contribution in [3.8, 4) is 0 Å². The van der Waals surface area contributed by atoms with Crippen molar-refractivity contribution in [3.05, 3.63) is 0 Å². The Morgan fingerprint density at radius 3 is 1.77 bits per heavy atom. The number of likely N-dealkylation sites (tertiary alicyclic amines) is 2. The molecule has 3 aliphatic rings. The van der Waals surface area contributed by atoms with Crippen LogP contribution in [0.1, 0.15) is 141 Å². The summed E-state index contributed by atoms with van der Waals surface area (Å²) in [6.07, 6.45) is 11.3. The maximum Gasteiger partial charge on any atom is 0.197 e. The van der Waals surface area contributed by atoms with Gasteiger partial charge < -0.3 is 15.4 Å². The molecule has 1 atom stereocenters. The highest BCUT2D eigenvalue weighted by molar-refractivity contribution is 5.96. The molecule has 0 spiro atoms. The molecule has 0 bridgehead atoms. The van der Waals surface area contributed by atoms with Crippen LogP contribution < -0.4 is 5.73 Å². The number of hydrogen-bond acceptors (Lipinski definition) is 5. The molecule has 2 N–H and O–H groups in total. The zero-order valence-electron chi connectivity index (χ0n) is 34.2. The lowest BCUT2D eigenvalue weighted by molar-refractivity contribution is -0.0541. The van der Waals surface area contributed by atoms with Crippen molar-refractivity contribution in [2.75, 3.05) is 53.5 Å². The first-order chi connectivity index (χ1) is 22.2. The average Bonchev–Trinajstić information content (AvgIpc) is 2.98. The van der Waals surface area contributed by atoms with Crippen molar-refractivity contribution in [2.45, 2.75) is 175 Å². The van der Waals surface area contributed by atoms with Crippen LogP contribution >= 0.6 is 0 Å². The summed E-state index contributed by atoms with van der Waals surface area (Å²) in [5.41, 5.74) is 7.29. The standard InChI is InChI=1S/C40H79N7O/c1-30(2)35(43-36(41)46-21-23-48-24-22-46)42-29-32(33-25-37(5,6)44(13)38(7,8)26-33)19-17-15-16-18-20-47(31(3)4)34-27-39(9,10)45(14)40(11,12)28-34/h30-34H,15-29H2,1-14H3,(H2,41,42,43). The Balaban J connectivity index is 1.66. The first-order valence-electron chi connectivity index (χ1n) is 19.6. The molecule has 3 aliphatic heterocycles. The molecule has 0 saturated carbocycles. The number of unbranched alkanes of at least 4 members (excludes halogenated alkanes) is 3. The van der Waals surface area contributed by atoms with Gasteiger partial charge in [-0.25, -0.2) is 4.99 Å². The van der Waals surface area contributed by atoms with Gasteiger partial charge in [0, 0.05) is 59.8 Å². The van der Waals surface area contributed by atoms with Crippen LogP contribution in [0, 0.1) is 17.8 Å². The van der Waals surface area contributed by atoms with E-state index in [0.29, 0.717) is 43.1 Å². The Morgan fingerprint density at radius 2 is 1.27 bits per heavy atom. The number of guanidine groups is 1. The normalized spacial score (nSPS) is 25.4. The number of nitrogens with zero attached hydrogens (tertiary/aromatic N) is 6. The third kappa shape index (κ3) is 10.9. The van der Waals surface area contributed by atoms with Gasteiger partial charge in [0.25, 0.3) is 0 Å². The summed E-state index contributed by atoms with van der Waals surface area (Å²) >= 11 is 0. The van der Waals surface area contributed by atoms with Crippen LogP contribution in [0.5, 0.6) is 0 Å². The van der Waals surface area contributed by atoms with Gasteiger partial charge in [0.2, 0.25) is 0 Å². The predicted octanol–water partition coefficient (Wildman–Crippen LogP) is 7.52. The number of amidine groups is 1. The SMILES string of the molecule is CC(C)C(=NCC(CCCCCCN(C(C)C)C1CC(C)(C)N(C)C(C)(C)C1)C1CC(C)(C)N(C)C(C)(C)C1)N=C(N)N1CCOCC1. The molecule has 8 heteroatoms. The van der Waals surface area contributed by atoms with E-state index in [1.54, 1.807) is 0 Å². The van der Waals surface area contributed by atoms with Gasteiger partial charge in [0.05, 0.1) is 13.2 Å². The minimum atomic E-state index is 0.172. The summed E-state index contributed by atoms with van der Waals surface area (Å²) in [6.45, 7) is 33.7. The molecule has 0 aromatic carbocycles. The average molecular weight is 674 g/mol. The Morgan fingerprint density at radius 1 is 0.771 bits per heavy atom. The van der Waals surface area contributed by atoms with E-state index in [-0.39, 0.29) is 28.1 Å². The fourth-order valence-electron chi connectivity index (χ4n) is 9.27. The monoisotopic (exact) mass is 674 g/mol. The highest BCUT2D eigenvalue weighted by Crippen LogP contribution is 2.44. The molecule has 0 aromatic rings. The zero-order chi connectivity index (χ0) is 36.1. The first kappa shape index (κ1) is 41.2. The van der Waals surface area contributed by atoms with Gasteiger partial charge in [0.15, 0.2) is 5.96 Å². The van der Waals surface area contributed by atoms with Gasteiger partial charge in [-0.3, -0.25) is 19.7 Å². The van der Waals surface area contributed by atoms with Gasteiger partial charge in [0.1, 0.15) is 5.84 Å². The van der Waals surface area contributed by atoms with Crippen LogP contribution in [-0.4, -0.2) is 119 Å². The predicted molar refractivity (Wildman–Crippen MR) is 207 cm³/mol. The summed E-state index contributed by atoms with van der Waals surface area (Å²) in [4.78, 5) is 20.3. The molecular formula is C40H79N7O. The van der Waals surface area contributed by atoms with E-state index in [1.807, 2.05) is 0 Å². The summed E-state index contributed by atoms with van der Waals surface area (Å²) in [6, 6.07) is 1.23. The summed E-state index contributed by atoms with van der Waals surface area (Å²) in [5.74, 6) is 2.93. The molecule has 0 amide bonds. The van der Waals surface area contributed by atoms with Crippen LogP contribution in [0.15, 0.2) is 9.98 Å². The molecule has 3 fully saturated rings. The van der Waals surface area contributed by atoms with Crippen molar-refractivity contribution >= 4 is 11.8 Å². The zero-order valence-corrected chi connectivity index (χ0v) is 34.2. The lowest BCUT2D eigenvalue weighted by atomic mass is 9.68. The minimum Gasteiger partial charge on any atom is -0.378 e. The van der Waals surface area contributed by atoms with Crippen LogP contribution in [0.4, 0.5) is 0 Å². The summed E-state index contributed by atoms with van der Waals surface area (Å²) < 4.78 is 5.53. The van der Waals surface area contributed by atoms with Gasteiger partial charge in [-0.15, -0.1) is 0 Å². The lowest BCUT2D eigenvalue weighted by Gasteiger charge is -2.56. The highest BCUT2D eigenvalue weighted by Gasteiger charge is 2.46. The number of nitrogens with two attached hydrogens (primary N) is 1. The number of morpholine rings is 1. The first-order valence-corrected chi connectivity index (χ1v) is 19.6. The Labute approximate surface area is 297 Å². The molecule has 0 aliphatic carbocycles. The molecule has 3 rings (SSSR count). The Hall–Kier alpha value is -1.22. The number of ether oxygens (including phenoxy) is 1. The second kappa shape index (κ2) is 16.9. The van der Waals surface area contributed by atoms with Crippen LogP contribution in [-0.2, 0) is 4.74 Å². The molecular weight excluding hydrogens is 594 g/mol. The third-order valence-electron chi connectivity index (χ3n) is 12.7. The maximum absolute atomic E-state index is 6.50. The van der Waals surface area contributed by atoms with Crippen molar-refractivity contribution in [1.29, 1.82) is 0 Å². The van der Waals surface area contributed by atoms with Crippen molar-refractivity contribution in [3.63, 3.8) is 0 Å². The van der Waals surface area contributed by atoms with E-state index in [4.69, 9.17) is 20.5 Å². The van der Waals surface area contributed by atoms with Gasteiger partial charge in [-0.2, -0.15) is 0 Å².